The number of imidazole rings is 1. The fourth-order valence-electron chi connectivity index (χ4n) is 2.02. The number of nitrogens with one attached hydrogen (secondary N) is 3. The molecule has 7 heteroatoms. The zero-order valence-corrected chi connectivity index (χ0v) is 11.1. The molecule has 0 aliphatic carbocycles. The number of rotatable bonds is 3. The van der Waals surface area contributed by atoms with Crippen molar-refractivity contribution in [2.24, 2.45) is 0 Å². The molecular formula is C13H10N6S. The van der Waals surface area contributed by atoms with Crippen molar-refractivity contribution in [3.63, 3.8) is 0 Å². The molecule has 6 nitrogen and oxygen atoms in total. The van der Waals surface area contributed by atoms with Gasteiger partial charge in [0.25, 0.3) is 0 Å². The molecule has 0 bridgehead atoms. The molecule has 0 saturated heterocycles. The minimum Gasteiger partial charge on any atom is -0.360 e. The van der Waals surface area contributed by atoms with Crippen LogP contribution in [0.5, 0.6) is 0 Å². The average molecular weight is 282 g/mol. The lowest BCUT2D eigenvalue weighted by Gasteiger charge is -1.96. The third-order valence-electron chi connectivity index (χ3n) is 2.92. The van der Waals surface area contributed by atoms with E-state index in [4.69, 9.17) is 0 Å². The van der Waals surface area contributed by atoms with Crippen molar-refractivity contribution >= 4 is 11.3 Å². The summed E-state index contributed by atoms with van der Waals surface area (Å²) in [7, 11) is 0. The van der Waals surface area contributed by atoms with Gasteiger partial charge in [-0.1, -0.05) is 0 Å². The normalized spacial score (nSPS) is 11.0. The van der Waals surface area contributed by atoms with E-state index >= 15 is 0 Å². The minimum absolute atomic E-state index is 0.761. The molecule has 0 fully saturated rings. The third-order valence-corrected chi connectivity index (χ3v) is 4.05. The first-order valence-corrected chi connectivity index (χ1v) is 6.87. The van der Waals surface area contributed by atoms with Crippen molar-refractivity contribution in [1.29, 1.82) is 0 Å². The van der Waals surface area contributed by atoms with Crippen LogP contribution in [-0.4, -0.2) is 30.1 Å². The Bertz CT molecular complexity index is 744. The van der Waals surface area contributed by atoms with E-state index < -0.39 is 0 Å². The fourth-order valence-corrected chi connectivity index (χ4v) is 3.05. The number of aromatic nitrogens is 6. The smallest absolute Gasteiger partial charge is 0.157 e. The summed E-state index contributed by atoms with van der Waals surface area (Å²) < 4.78 is 0. The predicted molar refractivity (Wildman–Crippen MR) is 77.1 cm³/mol. The standard InChI is InChI=1S/C13H10N6S/c1-2-8(14-4-1)11-10(12-15-6-7-16-12)18-13(20-11)9-3-5-17-19-9/h1-7,14H,(H,15,16)(H,17,19). The lowest BCUT2D eigenvalue weighted by molar-refractivity contribution is 1.09. The van der Waals surface area contributed by atoms with Crippen molar-refractivity contribution in [2.75, 3.05) is 0 Å². The van der Waals surface area contributed by atoms with Crippen LogP contribution >= 0.6 is 11.3 Å². The van der Waals surface area contributed by atoms with E-state index in [0.717, 1.165) is 32.8 Å². The highest BCUT2D eigenvalue weighted by Gasteiger charge is 2.18. The van der Waals surface area contributed by atoms with Crippen LogP contribution in [0.25, 0.3) is 32.8 Å². The summed E-state index contributed by atoms with van der Waals surface area (Å²) in [5, 5.41) is 7.80. The Labute approximate surface area is 117 Å². The molecule has 0 aliphatic heterocycles. The molecule has 98 valence electrons. The van der Waals surface area contributed by atoms with Gasteiger partial charge in [0.05, 0.1) is 16.3 Å². The zero-order valence-electron chi connectivity index (χ0n) is 10.3. The monoisotopic (exact) mass is 282 g/mol. The van der Waals surface area contributed by atoms with Gasteiger partial charge < -0.3 is 9.97 Å². The van der Waals surface area contributed by atoms with E-state index in [1.807, 2.05) is 24.4 Å². The maximum atomic E-state index is 4.68. The van der Waals surface area contributed by atoms with E-state index in [1.165, 1.54) is 0 Å². The van der Waals surface area contributed by atoms with Gasteiger partial charge in [-0.2, -0.15) is 5.10 Å². The maximum absolute atomic E-state index is 4.68. The summed E-state index contributed by atoms with van der Waals surface area (Å²) in [4.78, 5) is 16.4. The number of thiazole rings is 1. The lowest BCUT2D eigenvalue weighted by Crippen LogP contribution is -1.84. The van der Waals surface area contributed by atoms with Gasteiger partial charge in [-0.05, 0) is 18.2 Å². The van der Waals surface area contributed by atoms with Gasteiger partial charge in [0.2, 0.25) is 0 Å². The van der Waals surface area contributed by atoms with Crippen LogP contribution in [0.1, 0.15) is 0 Å². The van der Waals surface area contributed by atoms with E-state index in [-0.39, 0.29) is 0 Å². The molecular weight excluding hydrogens is 272 g/mol. The highest BCUT2D eigenvalue weighted by Crippen LogP contribution is 2.38. The second-order valence-corrected chi connectivity index (χ2v) is 5.19. The second kappa shape index (κ2) is 4.46. The Kier molecular flexibility index (Phi) is 2.49. The van der Waals surface area contributed by atoms with Crippen LogP contribution < -0.4 is 0 Å². The molecule has 0 amide bonds. The van der Waals surface area contributed by atoms with Crippen LogP contribution in [0.4, 0.5) is 0 Å². The number of hydrogen-bond acceptors (Lipinski definition) is 4. The molecule has 4 aromatic rings. The van der Waals surface area contributed by atoms with Crippen LogP contribution in [0, 0.1) is 0 Å². The Morgan fingerprint density at radius 3 is 2.70 bits per heavy atom. The summed E-state index contributed by atoms with van der Waals surface area (Å²) in [5.41, 5.74) is 2.77. The van der Waals surface area contributed by atoms with Gasteiger partial charge in [-0.15, -0.1) is 11.3 Å². The van der Waals surface area contributed by atoms with Crippen molar-refractivity contribution in [3.05, 3.63) is 43.0 Å². The Hall–Kier alpha value is -2.67. The average Bonchev–Trinajstić information content (AvgIpc) is 3.22. The lowest BCUT2D eigenvalue weighted by atomic mass is 10.3. The van der Waals surface area contributed by atoms with Crippen molar-refractivity contribution in [3.8, 4) is 32.8 Å². The largest absolute Gasteiger partial charge is 0.360 e. The molecule has 0 radical (unpaired) electrons. The predicted octanol–water partition coefficient (Wildman–Crippen LogP) is 2.92. The topological polar surface area (TPSA) is 86.0 Å². The quantitative estimate of drug-likeness (QED) is 0.540. The van der Waals surface area contributed by atoms with Crippen molar-refractivity contribution < 1.29 is 0 Å². The highest BCUT2D eigenvalue weighted by molar-refractivity contribution is 7.18. The molecule has 0 aromatic carbocycles. The summed E-state index contributed by atoms with van der Waals surface area (Å²) in [6.07, 6.45) is 7.14. The number of aromatic amines is 3. The Morgan fingerprint density at radius 1 is 1.00 bits per heavy atom. The summed E-state index contributed by atoms with van der Waals surface area (Å²) >= 11 is 1.60. The summed E-state index contributed by atoms with van der Waals surface area (Å²) in [6.45, 7) is 0. The molecule has 4 aromatic heterocycles. The number of nitrogens with zero attached hydrogens (tertiary/aromatic N) is 3. The Balaban J connectivity index is 1.92. The summed E-state index contributed by atoms with van der Waals surface area (Å²) in [5.74, 6) is 0.761. The van der Waals surface area contributed by atoms with Crippen LogP contribution in [0.15, 0.2) is 43.0 Å². The first-order valence-electron chi connectivity index (χ1n) is 6.06. The maximum Gasteiger partial charge on any atom is 0.157 e. The highest BCUT2D eigenvalue weighted by atomic mass is 32.1. The molecule has 0 unspecified atom stereocenters. The van der Waals surface area contributed by atoms with Gasteiger partial charge in [-0.3, -0.25) is 5.10 Å². The minimum atomic E-state index is 0.761. The van der Waals surface area contributed by atoms with E-state index in [9.17, 15) is 0 Å². The first kappa shape index (κ1) is 11.2. The van der Waals surface area contributed by atoms with E-state index in [2.05, 4.69) is 30.1 Å². The zero-order chi connectivity index (χ0) is 13.4. The summed E-state index contributed by atoms with van der Waals surface area (Å²) in [6, 6.07) is 5.90. The number of H-pyrrole nitrogens is 3. The second-order valence-electron chi connectivity index (χ2n) is 4.19. The number of hydrogen-bond donors (Lipinski definition) is 3. The van der Waals surface area contributed by atoms with Crippen molar-refractivity contribution in [2.45, 2.75) is 0 Å². The molecule has 20 heavy (non-hydrogen) atoms. The van der Waals surface area contributed by atoms with E-state index in [1.54, 1.807) is 29.9 Å². The van der Waals surface area contributed by atoms with Crippen LogP contribution in [0.2, 0.25) is 0 Å². The van der Waals surface area contributed by atoms with Crippen molar-refractivity contribution in [1.82, 2.24) is 30.1 Å². The van der Waals surface area contributed by atoms with Gasteiger partial charge in [0.1, 0.15) is 10.7 Å². The van der Waals surface area contributed by atoms with Crippen LogP contribution in [-0.2, 0) is 0 Å². The fraction of sp³-hybridized carbons (Fsp3) is 0. The van der Waals surface area contributed by atoms with Gasteiger partial charge in [-0.25, -0.2) is 9.97 Å². The molecule has 0 spiro atoms. The molecule has 0 saturated carbocycles. The Morgan fingerprint density at radius 2 is 2.00 bits per heavy atom. The molecule has 4 heterocycles. The molecule has 0 aliphatic rings. The van der Waals surface area contributed by atoms with E-state index in [0.29, 0.717) is 0 Å². The molecule has 0 atom stereocenters. The molecule has 4 rings (SSSR count). The third kappa shape index (κ3) is 1.76. The van der Waals surface area contributed by atoms with Crippen LogP contribution in [0.3, 0.4) is 0 Å². The van der Waals surface area contributed by atoms with Gasteiger partial charge >= 0.3 is 0 Å². The van der Waals surface area contributed by atoms with Gasteiger partial charge in [0.15, 0.2) is 5.82 Å². The SMILES string of the molecule is c1c[nH]c(-c2sc(-c3ccn[nH]3)nc2-c2ncc[nH]2)c1. The van der Waals surface area contributed by atoms with Gasteiger partial charge in [0, 0.05) is 24.8 Å². The molecule has 3 N–H and O–H groups in total. The first-order chi connectivity index (χ1) is 9.92.